The fourth-order valence-electron chi connectivity index (χ4n) is 0.852. The first kappa shape index (κ1) is 12.9. The van der Waals surface area contributed by atoms with Gasteiger partial charge in [0.1, 0.15) is 9.21 Å². The number of rotatable bonds is 4. The molecule has 1 rings (SSSR count). The first-order valence-corrected chi connectivity index (χ1v) is 6.29. The van der Waals surface area contributed by atoms with Gasteiger partial charge in [-0.25, -0.2) is 9.97 Å². The Bertz CT molecular complexity index is 362. The Morgan fingerprint density at radius 1 is 1.53 bits per heavy atom. The van der Waals surface area contributed by atoms with Gasteiger partial charge in [0, 0.05) is 12.3 Å². The smallest absolute Gasteiger partial charge is 0.225 e. The summed E-state index contributed by atoms with van der Waals surface area (Å²) in [6.07, 6.45) is 2.55. The molecule has 0 aliphatic carbocycles. The summed E-state index contributed by atoms with van der Waals surface area (Å²) >= 11 is 11.8. The molecule has 0 aliphatic rings. The molecule has 1 aromatic heterocycles. The summed E-state index contributed by atoms with van der Waals surface area (Å²) < 4.78 is 1.10. The molecule has 15 heavy (non-hydrogen) atoms. The Kier molecular flexibility index (Phi) is 5.49. The van der Waals surface area contributed by atoms with Gasteiger partial charge in [0.05, 0.1) is 6.20 Å². The summed E-state index contributed by atoms with van der Waals surface area (Å²) in [4.78, 5) is 19.4. The summed E-state index contributed by atoms with van der Waals surface area (Å²) in [5, 5.41) is 2.63. The van der Waals surface area contributed by atoms with Crippen molar-refractivity contribution in [3.63, 3.8) is 0 Å². The van der Waals surface area contributed by atoms with Crippen molar-refractivity contribution in [1.29, 1.82) is 0 Å². The number of carbonyl (C=O) groups excluding carboxylic acids is 1. The zero-order chi connectivity index (χ0) is 11.3. The van der Waals surface area contributed by atoms with Gasteiger partial charge in [0.2, 0.25) is 5.91 Å². The predicted octanol–water partition coefficient (Wildman–Crippen LogP) is 2.96. The number of nitrogens with zero attached hydrogens (tertiary/aromatic N) is 2. The SMILES string of the molecule is O=C(CCCCl)Nc1ncc(Br)nc1Br. The third-order valence-electron chi connectivity index (χ3n) is 1.50. The molecule has 0 radical (unpaired) electrons. The average Bonchev–Trinajstić information content (AvgIpc) is 2.19. The minimum atomic E-state index is -0.118. The molecule has 0 saturated carbocycles. The van der Waals surface area contributed by atoms with Gasteiger partial charge in [-0.05, 0) is 38.3 Å². The molecule has 1 heterocycles. The van der Waals surface area contributed by atoms with E-state index in [-0.39, 0.29) is 5.91 Å². The lowest BCUT2D eigenvalue weighted by Gasteiger charge is -2.04. The number of aromatic nitrogens is 2. The molecule has 0 bridgehead atoms. The van der Waals surface area contributed by atoms with E-state index in [4.69, 9.17) is 11.6 Å². The van der Waals surface area contributed by atoms with Crippen LogP contribution in [0, 0.1) is 0 Å². The van der Waals surface area contributed by atoms with E-state index in [1.807, 2.05) is 0 Å². The molecule has 0 atom stereocenters. The van der Waals surface area contributed by atoms with Crippen LogP contribution in [0.15, 0.2) is 15.4 Å². The van der Waals surface area contributed by atoms with Crippen LogP contribution in [0.5, 0.6) is 0 Å². The second-order valence-electron chi connectivity index (χ2n) is 2.67. The molecular weight excluding hydrogens is 349 g/mol. The van der Waals surface area contributed by atoms with Gasteiger partial charge in [-0.15, -0.1) is 11.6 Å². The molecule has 0 unspecified atom stereocenters. The molecular formula is C8H8Br2ClN3O. The van der Waals surface area contributed by atoms with E-state index in [0.29, 0.717) is 33.7 Å². The van der Waals surface area contributed by atoms with Crippen molar-refractivity contribution in [2.24, 2.45) is 0 Å². The summed E-state index contributed by atoms with van der Waals surface area (Å²) in [6.45, 7) is 0. The Hall–Kier alpha value is -0.200. The maximum Gasteiger partial charge on any atom is 0.225 e. The van der Waals surface area contributed by atoms with Crippen LogP contribution in [0.1, 0.15) is 12.8 Å². The van der Waals surface area contributed by atoms with E-state index in [2.05, 4.69) is 47.1 Å². The third-order valence-corrected chi connectivity index (χ3v) is 2.70. The van der Waals surface area contributed by atoms with Gasteiger partial charge in [0.15, 0.2) is 5.82 Å². The number of hydrogen-bond acceptors (Lipinski definition) is 3. The summed E-state index contributed by atoms with van der Waals surface area (Å²) in [7, 11) is 0. The van der Waals surface area contributed by atoms with Crippen LogP contribution in [0.25, 0.3) is 0 Å². The fourth-order valence-corrected chi connectivity index (χ4v) is 1.90. The first-order valence-electron chi connectivity index (χ1n) is 4.17. The second kappa shape index (κ2) is 6.40. The quantitative estimate of drug-likeness (QED) is 0.843. The summed E-state index contributed by atoms with van der Waals surface area (Å²) in [6, 6.07) is 0. The highest BCUT2D eigenvalue weighted by Crippen LogP contribution is 2.19. The van der Waals surface area contributed by atoms with E-state index in [0.717, 1.165) is 0 Å². The Balaban J connectivity index is 2.60. The van der Waals surface area contributed by atoms with Gasteiger partial charge in [0.25, 0.3) is 0 Å². The van der Waals surface area contributed by atoms with Crippen LogP contribution < -0.4 is 5.32 Å². The number of nitrogens with one attached hydrogen (secondary N) is 1. The fraction of sp³-hybridized carbons (Fsp3) is 0.375. The lowest BCUT2D eigenvalue weighted by atomic mass is 10.3. The van der Waals surface area contributed by atoms with Gasteiger partial charge in [-0.3, -0.25) is 4.79 Å². The van der Waals surface area contributed by atoms with Crippen LogP contribution in [0.4, 0.5) is 5.82 Å². The van der Waals surface area contributed by atoms with E-state index in [1.165, 1.54) is 6.20 Å². The highest BCUT2D eigenvalue weighted by atomic mass is 79.9. The number of carbonyl (C=O) groups is 1. The van der Waals surface area contributed by atoms with Crippen LogP contribution in [-0.2, 0) is 4.79 Å². The molecule has 0 spiro atoms. The van der Waals surface area contributed by atoms with Crippen LogP contribution in [0.3, 0.4) is 0 Å². The molecule has 82 valence electrons. The molecule has 0 aromatic carbocycles. The molecule has 1 N–H and O–H groups in total. The van der Waals surface area contributed by atoms with Crippen molar-refractivity contribution < 1.29 is 4.79 Å². The van der Waals surface area contributed by atoms with Crippen LogP contribution >= 0.6 is 43.5 Å². The average molecular weight is 357 g/mol. The lowest BCUT2D eigenvalue weighted by molar-refractivity contribution is -0.116. The highest BCUT2D eigenvalue weighted by Gasteiger charge is 2.07. The van der Waals surface area contributed by atoms with E-state index >= 15 is 0 Å². The van der Waals surface area contributed by atoms with Crippen molar-refractivity contribution in [1.82, 2.24) is 9.97 Å². The Morgan fingerprint density at radius 3 is 2.87 bits per heavy atom. The van der Waals surface area contributed by atoms with Crippen molar-refractivity contribution in [3.05, 3.63) is 15.4 Å². The number of amides is 1. The molecule has 7 heteroatoms. The van der Waals surface area contributed by atoms with Gasteiger partial charge in [-0.2, -0.15) is 0 Å². The predicted molar refractivity (Wildman–Crippen MR) is 66.0 cm³/mol. The lowest BCUT2D eigenvalue weighted by Crippen LogP contribution is -2.13. The second-order valence-corrected chi connectivity index (χ2v) is 4.61. The molecule has 0 saturated heterocycles. The standard InChI is InChI=1S/C8H8Br2ClN3O/c9-5-4-12-8(7(10)13-5)14-6(15)2-1-3-11/h4H,1-3H2,(H,12,14,15). The van der Waals surface area contributed by atoms with Crippen LogP contribution in [0.2, 0.25) is 0 Å². The van der Waals surface area contributed by atoms with E-state index in [9.17, 15) is 4.79 Å². The highest BCUT2D eigenvalue weighted by molar-refractivity contribution is 9.11. The number of anilines is 1. The first-order chi connectivity index (χ1) is 7.13. The summed E-state index contributed by atoms with van der Waals surface area (Å²) in [5.74, 6) is 0.770. The number of hydrogen-bond donors (Lipinski definition) is 1. The zero-order valence-corrected chi connectivity index (χ0v) is 11.6. The zero-order valence-electron chi connectivity index (χ0n) is 7.64. The molecule has 4 nitrogen and oxygen atoms in total. The Morgan fingerprint density at radius 2 is 2.27 bits per heavy atom. The third kappa shape index (κ3) is 4.44. The van der Waals surface area contributed by atoms with Crippen molar-refractivity contribution >= 4 is 55.2 Å². The minimum Gasteiger partial charge on any atom is -0.308 e. The monoisotopic (exact) mass is 355 g/mol. The van der Waals surface area contributed by atoms with Crippen molar-refractivity contribution in [2.75, 3.05) is 11.2 Å². The van der Waals surface area contributed by atoms with Crippen molar-refractivity contribution in [2.45, 2.75) is 12.8 Å². The maximum absolute atomic E-state index is 11.3. The molecule has 0 aliphatic heterocycles. The normalized spacial score (nSPS) is 10.1. The minimum absolute atomic E-state index is 0.118. The molecule has 0 fully saturated rings. The number of alkyl halides is 1. The van der Waals surface area contributed by atoms with Crippen molar-refractivity contribution in [3.8, 4) is 0 Å². The molecule has 1 amide bonds. The summed E-state index contributed by atoms with van der Waals surface area (Å²) in [5.41, 5.74) is 0. The molecule has 1 aromatic rings. The van der Waals surface area contributed by atoms with Gasteiger partial charge in [-0.1, -0.05) is 0 Å². The maximum atomic E-state index is 11.3. The van der Waals surface area contributed by atoms with E-state index in [1.54, 1.807) is 0 Å². The van der Waals surface area contributed by atoms with E-state index < -0.39 is 0 Å². The van der Waals surface area contributed by atoms with Crippen LogP contribution in [-0.4, -0.2) is 21.8 Å². The largest absolute Gasteiger partial charge is 0.308 e. The topological polar surface area (TPSA) is 54.9 Å². The van der Waals surface area contributed by atoms with Gasteiger partial charge >= 0.3 is 0 Å². The Labute approximate surface area is 109 Å². The number of halogens is 3. The van der Waals surface area contributed by atoms with Gasteiger partial charge < -0.3 is 5.32 Å².